The quantitative estimate of drug-likeness (QED) is 0.879. The van der Waals surface area contributed by atoms with Crippen molar-refractivity contribution in [3.05, 3.63) is 9.98 Å². The fourth-order valence-corrected chi connectivity index (χ4v) is 2.27. The summed E-state index contributed by atoms with van der Waals surface area (Å²) in [5.41, 5.74) is -0.105. The third kappa shape index (κ3) is 3.62. The summed E-state index contributed by atoms with van der Waals surface area (Å²) in [7, 11) is 0. The summed E-state index contributed by atoms with van der Waals surface area (Å²) in [4.78, 5) is 4.22. The number of anilines is 1. The van der Waals surface area contributed by atoms with E-state index in [4.69, 9.17) is 5.11 Å². The van der Waals surface area contributed by atoms with Gasteiger partial charge in [0.2, 0.25) is 0 Å². The average Bonchev–Trinajstić information content (AvgIpc) is 2.34. The molecule has 74 valence electrons. The molecule has 0 aliphatic heterocycles. The van der Waals surface area contributed by atoms with E-state index in [1.165, 1.54) is 0 Å². The molecule has 0 aliphatic carbocycles. The Kier molecular flexibility index (Phi) is 3.70. The molecule has 3 nitrogen and oxygen atoms in total. The number of aromatic nitrogens is 1. The van der Waals surface area contributed by atoms with E-state index in [9.17, 15) is 0 Å². The van der Waals surface area contributed by atoms with Gasteiger partial charge in [0.25, 0.3) is 0 Å². The van der Waals surface area contributed by atoms with Crippen molar-refractivity contribution in [2.75, 3.05) is 11.9 Å². The molecular formula is C8H13BrN2OS. The fraction of sp³-hybridized carbons (Fsp3) is 0.625. The molecule has 0 unspecified atom stereocenters. The number of nitrogens with zero attached hydrogens (tertiary/aromatic N) is 1. The van der Waals surface area contributed by atoms with Gasteiger partial charge >= 0.3 is 0 Å². The molecule has 0 fully saturated rings. The lowest BCUT2D eigenvalue weighted by atomic mass is 10.0. The first-order chi connectivity index (χ1) is 6.03. The van der Waals surface area contributed by atoms with E-state index in [0.717, 1.165) is 9.73 Å². The number of halogens is 1. The highest BCUT2D eigenvalue weighted by Gasteiger charge is 2.17. The van der Waals surface area contributed by atoms with Gasteiger partial charge in [-0.25, -0.2) is 4.98 Å². The Morgan fingerprint density at radius 3 is 2.85 bits per heavy atom. The van der Waals surface area contributed by atoms with Crippen molar-refractivity contribution in [2.24, 2.45) is 0 Å². The maximum atomic E-state index is 8.82. The minimum Gasteiger partial charge on any atom is -0.396 e. The van der Waals surface area contributed by atoms with E-state index in [2.05, 4.69) is 26.2 Å². The molecule has 0 saturated heterocycles. The zero-order valence-corrected chi connectivity index (χ0v) is 10.1. The summed E-state index contributed by atoms with van der Waals surface area (Å²) >= 11 is 4.84. The average molecular weight is 265 g/mol. The molecule has 0 atom stereocenters. The molecule has 0 radical (unpaired) electrons. The summed E-state index contributed by atoms with van der Waals surface area (Å²) in [6, 6.07) is 0. The molecule has 5 heteroatoms. The molecule has 1 heterocycles. The highest BCUT2D eigenvalue weighted by atomic mass is 79.9. The third-order valence-corrected chi connectivity index (χ3v) is 3.13. The predicted octanol–water partition coefficient (Wildman–Crippen LogP) is 2.48. The topological polar surface area (TPSA) is 45.1 Å². The number of aliphatic hydroxyl groups is 1. The number of nitrogens with one attached hydrogen (secondary N) is 1. The van der Waals surface area contributed by atoms with Crippen LogP contribution in [0.3, 0.4) is 0 Å². The van der Waals surface area contributed by atoms with Crippen molar-refractivity contribution in [3.8, 4) is 0 Å². The Morgan fingerprint density at radius 1 is 1.69 bits per heavy atom. The van der Waals surface area contributed by atoms with Crippen molar-refractivity contribution >= 4 is 32.4 Å². The van der Waals surface area contributed by atoms with Crippen LogP contribution in [0.1, 0.15) is 20.3 Å². The van der Waals surface area contributed by atoms with Crippen molar-refractivity contribution in [2.45, 2.75) is 25.8 Å². The number of hydrogen-bond donors (Lipinski definition) is 2. The Hall–Kier alpha value is -0.130. The van der Waals surface area contributed by atoms with Gasteiger partial charge in [-0.15, -0.1) is 11.3 Å². The van der Waals surface area contributed by atoms with Crippen molar-refractivity contribution < 1.29 is 5.11 Å². The van der Waals surface area contributed by atoms with Crippen LogP contribution in [0.2, 0.25) is 0 Å². The standard InChI is InChI=1S/C8H13BrN2OS/c1-8(2,3-4-12)11-7-10-6(9)5-13-7/h5,12H,3-4H2,1-2H3,(H,10,11). The van der Waals surface area contributed by atoms with Crippen molar-refractivity contribution in [1.29, 1.82) is 0 Å². The van der Waals surface area contributed by atoms with E-state index in [-0.39, 0.29) is 12.1 Å². The maximum Gasteiger partial charge on any atom is 0.184 e. The molecule has 0 spiro atoms. The van der Waals surface area contributed by atoms with Crippen LogP contribution in [0.5, 0.6) is 0 Å². The minimum absolute atomic E-state index is 0.105. The molecule has 0 aliphatic rings. The lowest BCUT2D eigenvalue weighted by Crippen LogP contribution is -2.31. The largest absolute Gasteiger partial charge is 0.396 e. The van der Waals surface area contributed by atoms with Gasteiger partial charge in [-0.05, 0) is 36.2 Å². The van der Waals surface area contributed by atoms with Crippen LogP contribution in [-0.4, -0.2) is 22.2 Å². The summed E-state index contributed by atoms with van der Waals surface area (Å²) in [5, 5.41) is 14.9. The van der Waals surface area contributed by atoms with Gasteiger partial charge in [0.05, 0.1) is 0 Å². The second kappa shape index (κ2) is 4.39. The van der Waals surface area contributed by atoms with E-state index in [1.807, 2.05) is 19.2 Å². The van der Waals surface area contributed by atoms with E-state index in [0.29, 0.717) is 6.42 Å². The monoisotopic (exact) mass is 264 g/mol. The van der Waals surface area contributed by atoms with E-state index >= 15 is 0 Å². The molecule has 0 saturated carbocycles. The molecule has 0 aromatic carbocycles. The van der Waals surface area contributed by atoms with Gasteiger partial charge in [0.1, 0.15) is 4.60 Å². The highest BCUT2D eigenvalue weighted by molar-refractivity contribution is 9.10. The summed E-state index contributed by atoms with van der Waals surface area (Å²) in [6.07, 6.45) is 0.712. The maximum absolute atomic E-state index is 8.82. The van der Waals surface area contributed by atoms with Gasteiger partial charge in [0, 0.05) is 17.5 Å². The first-order valence-electron chi connectivity index (χ1n) is 4.03. The Labute approximate surface area is 90.3 Å². The van der Waals surface area contributed by atoms with Crippen LogP contribution < -0.4 is 5.32 Å². The SMILES string of the molecule is CC(C)(CCO)Nc1nc(Br)cs1. The third-order valence-electron chi connectivity index (χ3n) is 1.66. The van der Waals surface area contributed by atoms with Crippen LogP contribution in [0.25, 0.3) is 0 Å². The summed E-state index contributed by atoms with van der Waals surface area (Å²) < 4.78 is 0.847. The summed E-state index contributed by atoms with van der Waals surface area (Å²) in [5.74, 6) is 0. The molecule has 1 aromatic heterocycles. The molecule has 1 rings (SSSR count). The Bertz CT molecular complexity index is 275. The van der Waals surface area contributed by atoms with Gasteiger partial charge in [0.15, 0.2) is 5.13 Å². The van der Waals surface area contributed by atoms with Crippen LogP contribution in [-0.2, 0) is 0 Å². The van der Waals surface area contributed by atoms with Gasteiger partial charge in [-0.1, -0.05) is 0 Å². The Morgan fingerprint density at radius 2 is 2.38 bits per heavy atom. The normalized spacial score (nSPS) is 11.7. The second-order valence-electron chi connectivity index (χ2n) is 3.46. The smallest absolute Gasteiger partial charge is 0.184 e. The van der Waals surface area contributed by atoms with Crippen LogP contribution in [0.4, 0.5) is 5.13 Å². The highest BCUT2D eigenvalue weighted by Crippen LogP contribution is 2.23. The molecule has 1 aromatic rings. The molecule has 0 bridgehead atoms. The molecular weight excluding hydrogens is 252 g/mol. The van der Waals surface area contributed by atoms with Gasteiger partial charge < -0.3 is 10.4 Å². The van der Waals surface area contributed by atoms with Crippen LogP contribution in [0.15, 0.2) is 9.98 Å². The zero-order valence-electron chi connectivity index (χ0n) is 7.67. The predicted molar refractivity (Wildman–Crippen MR) is 59.2 cm³/mol. The lowest BCUT2D eigenvalue weighted by Gasteiger charge is -2.24. The van der Waals surface area contributed by atoms with Crippen LogP contribution >= 0.6 is 27.3 Å². The minimum atomic E-state index is -0.105. The number of aliphatic hydroxyl groups excluding tert-OH is 1. The lowest BCUT2D eigenvalue weighted by molar-refractivity contribution is 0.261. The second-order valence-corrected chi connectivity index (χ2v) is 5.13. The molecule has 0 amide bonds. The first kappa shape index (κ1) is 10.9. The van der Waals surface area contributed by atoms with E-state index < -0.39 is 0 Å². The van der Waals surface area contributed by atoms with Gasteiger partial charge in [-0.2, -0.15) is 0 Å². The Balaban J connectivity index is 2.57. The van der Waals surface area contributed by atoms with Gasteiger partial charge in [-0.3, -0.25) is 0 Å². The van der Waals surface area contributed by atoms with Crippen molar-refractivity contribution in [3.63, 3.8) is 0 Å². The van der Waals surface area contributed by atoms with E-state index in [1.54, 1.807) is 11.3 Å². The van der Waals surface area contributed by atoms with Crippen LogP contribution in [0, 0.1) is 0 Å². The number of hydrogen-bond acceptors (Lipinski definition) is 4. The first-order valence-corrected chi connectivity index (χ1v) is 5.71. The molecule has 2 N–H and O–H groups in total. The molecule has 13 heavy (non-hydrogen) atoms. The number of rotatable bonds is 4. The fourth-order valence-electron chi connectivity index (χ4n) is 0.943. The van der Waals surface area contributed by atoms with Crippen molar-refractivity contribution in [1.82, 2.24) is 4.98 Å². The summed E-state index contributed by atoms with van der Waals surface area (Å²) in [6.45, 7) is 4.27. The number of thiazole rings is 1. The zero-order chi connectivity index (χ0) is 9.90.